The van der Waals surface area contributed by atoms with Crippen LogP contribution in [0.4, 0.5) is 0 Å². The van der Waals surface area contributed by atoms with Crippen LogP contribution >= 0.6 is 23.2 Å². The van der Waals surface area contributed by atoms with Gasteiger partial charge in [0.2, 0.25) is 6.41 Å². The molecular formula is C46H52Cl2N8O3. The SMILES string of the molecule is COCc1cccncnc(C2C=Cc3c(c(-c4c(CCCOc5cc(C)c(Cl)c(C)c5)c5ccc(Cl)c(-c6c(C)nn(C)c6C)c5n4[C@H](C)CNC=O)cn3C)C2)[nH]1. The van der Waals surface area contributed by atoms with Crippen molar-refractivity contribution < 1.29 is 14.3 Å². The number of amides is 1. The Kier molecular flexibility index (Phi) is 12.7. The first kappa shape index (κ1) is 41.8. The second kappa shape index (κ2) is 17.9. The van der Waals surface area contributed by atoms with E-state index in [4.69, 9.17) is 42.8 Å². The number of hydrogen-bond acceptors (Lipinski definition) is 6. The Morgan fingerprint density at radius 2 is 1.86 bits per heavy atom. The zero-order valence-corrected chi connectivity index (χ0v) is 36.5. The summed E-state index contributed by atoms with van der Waals surface area (Å²) in [5.41, 5.74) is 13.4. The molecule has 59 heavy (non-hydrogen) atoms. The number of ether oxygens (including phenoxy) is 2. The van der Waals surface area contributed by atoms with Gasteiger partial charge in [0.1, 0.15) is 17.9 Å². The van der Waals surface area contributed by atoms with Gasteiger partial charge in [-0.05, 0) is 113 Å². The first-order valence-corrected chi connectivity index (χ1v) is 20.7. The van der Waals surface area contributed by atoms with Crippen LogP contribution in [0.25, 0.3) is 39.4 Å². The van der Waals surface area contributed by atoms with Gasteiger partial charge in [-0.2, -0.15) is 5.10 Å². The fourth-order valence-corrected chi connectivity index (χ4v) is 8.92. The summed E-state index contributed by atoms with van der Waals surface area (Å²) in [5.74, 6) is 1.51. The number of H-pyrrole nitrogens is 1. The predicted molar refractivity (Wildman–Crippen MR) is 237 cm³/mol. The van der Waals surface area contributed by atoms with Crippen molar-refractivity contribution in [2.45, 2.75) is 72.4 Å². The van der Waals surface area contributed by atoms with Gasteiger partial charge in [-0.1, -0.05) is 35.3 Å². The van der Waals surface area contributed by atoms with E-state index in [1.165, 1.54) is 11.1 Å². The van der Waals surface area contributed by atoms with E-state index in [1.807, 2.05) is 62.8 Å². The van der Waals surface area contributed by atoms with E-state index >= 15 is 0 Å². The normalized spacial score (nSPS) is 14.0. The molecular weight excluding hydrogens is 783 g/mol. The molecule has 0 radical (unpaired) electrons. The zero-order valence-electron chi connectivity index (χ0n) is 35.0. The minimum Gasteiger partial charge on any atom is -0.494 e. The highest BCUT2D eigenvalue weighted by molar-refractivity contribution is 6.35. The molecule has 1 aliphatic rings. The summed E-state index contributed by atoms with van der Waals surface area (Å²) < 4.78 is 18.4. The number of halogens is 2. The van der Waals surface area contributed by atoms with E-state index in [9.17, 15) is 4.79 Å². The van der Waals surface area contributed by atoms with Gasteiger partial charge in [-0.25, -0.2) is 9.97 Å². The molecule has 0 saturated carbocycles. The first-order valence-electron chi connectivity index (χ1n) is 19.9. The lowest BCUT2D eigenvalue weighted by molar-refractivity contribution is -0.109. The molecule has 1 amide bonds. The van der Waals surface area contributed by atoms with Crippen LogP contribution in [0, 0.1) is 27.7 Å². The quantitative estimate of drug-likeness (QED) is 0.0834. The van der Waals surface area contributed by atoms with Crippen molar-refractivity contribution in [1.82, 2.24) is 39.2 Å². The monoisotopic (exact) mass is 834 g/mol. The second-order valence-corrected chi connectivity index (χ2v) is 16.2. The number of nitrogens with zero attached hydrogens (tertiary/aromatic N) is 6. The lowest BCUT2D eigenvalue weighted by atomic mass is 9.88. The number of aryl methyl sites for hydroxylation is 6. The van der Waals surface area contributed by atoms with Crippen molar-refractivity contribution >= 4 is 46.6 Å². The number of aromatic amines is 1. The van der Waals surface area contributed by atoms with Crippen LogP contribution in [0.1, 0.15) is 76.2 Å². The molecule has 4 heterocycles. The highest BCUT2D eigenvalue weighted by atomic mass is 35.5. The highest BCUT2D eigenvalue weighted by Gasteiger charge is 2.31. The molecule has 7 rings (SSSR count). The number of nitrogens with one attached hydrogen (secondary N) is 2. The zero-order chi connectivity index (χ0) is 42.0. The van der Waals surface area contributed by atoms with Gasteiger partial charge in [0.05, 0.1) is 35.1 Å². The van der Waals surface area contributed by atoms with E-state index in [0.29, 0.717) is 31.2 Å². The van der Waals surface area contributed by atoms with Crippen molar-refractivity contribution in [3.63, 3.8) is 0 Å². The molecule has 0 spiro atoms. The minimum absolute atomic E-state index is 0.0747. The van der Waals surface area contributed by atoms with Crippen molar-refractivity contribution in [2.75, 3.05) is 20.3 Å². The van der Waals surface area contributed by atoms with Crippen LogP contribution in [-0.2, 0) is 43.1 Å². The fourth-order valence-electron chi connectivity index (χ4n) is 8.56. The standard InChI is InChI=1S/C46H52Cl2N8O3/c1-27-19-34(20-28(2)43(27)48)59-18-10-12-35-36-14-15-39(47)42(41-30(4)53-55(7)31(41)5)45(36)56(29(3)22-50-26-57)44(35)38-23-54(6)40-16-13-32(21-37(38)40)46-51-25-49-17-9-11-33(52-46)24-58-8/h9,11,13-17,19-20,23,25-26,29,32H,10,12,18,21-22,24H2,1-8H3,(H,50,57)(H,49,51,52)/t29-,32?/m1/s1. The van der Waals surface area contributed by atoms with Gasteiger partial charge < -0.3 is 28.9 Å². The Morgan fingerprint density at radius 1 is 1.08 bits per heavy atom. The third-order valence-electron chi connectivity index (χ3n) is 11.3. The fraction of sp³-hybridized carbons (Fsp3) is 0.348. The van der Waals surface area contributed by atoms with Gasteiger partial charge in [-0.3, -0.25) is 9.48 Å². The van der Waals surface area contributed by atoms with E-state index in [2.05, 4.69) is 69.7 Å². The lowest BCUT2D eigenvalue weighted by Gasteiger charge is -2.23. The summed E-state index contributed by atoms with van der Waals surface area (Å²) in [4.78, 5) is 24.5. The molecule has 1 aliphatic carbocycles. The molecule has 2 atom stereocenters. The van der Waals surface area contributed by atoms with Crippen LogP contribution in [0.2, 0.25) is 10.0 Å². The van der Waals surface area contributed by atoms with E-state index < -0.39 is 0 Å². The van der Waals surface area contributed by atoms with Gasteiger partial charge in [-0.15, -0.1) is 0 Å². The Bertz CT molecular complexity index is 2590. The number of rotatable bonds is 14. The van der Waals surface area contributed by atoms with Gasteiger partial charge in [0, 0.05) is 96.3 Å². The largest absolute Gasteiger partial charge is 0.494 e. The summed E-state index contributed by atoms with van der Waals surface area (Å²) >= 11 is 13.8. The Hall–Kier alpha value is -5.36. The number of allylic oxidation sites excluding steroid dienone is 1. The molecule has 0 aliphatic heterocycles. The number of carbonyl (C=O) groups excluding carboxylic acids is 1. The Balaban J connectivity index is 1.44. The minimum atomic E-state index is -0.158. The number of fused-ring (bicyclic) bond motifs is 2. The summed E-state index contributed by atoms with van der Waals surface area (Å²) in [6.07, 6.45) is 12.8. The van der Waals surface area contributed by atoms with Crippen LogP contribution < -0.4 is 10.1 Å². The summed E-state index contributed by atoms with van der Waals surface area (Å²) in [7, 11) is 5.74. The molecule has 308 valence electrons. The topological polar surface area (TPSA) is 117 Å². The number of carbonyl (C=O) groups is 1. The van der Waals surface area contributed by atoms with Crippen LogP contribution in [-0.4, -0.2) is 60.5 Å². The highest BCUT2D eigenvalue weighted by Crippen LogP contribution is 2.48. The van der Waals surface area contributed by atoms with E-state index in [-0.39, 0.29) is 12.0 Å². The van der Waals surface area contributed by atoms with Gasteiger partial charge >= 0.3 is 0 Å². The molecule has 1 unspecified atom stereocenters. The van der Waals surface area contributed by atoms with E-state index in [1.54, 1.807) is 19.6 Å². The van der Waals surface area contributed by atoms with E-state index in [0.717, 1.165) is 103 Å². The molecule has 2 N–H and O–H groups in total. The van der Waals surface area contributed by atoms with Crippen LogP contribution in [0.15, 0.2) is 61.2 Å². The van der Waals surface area contributed by atoms with Crippen molar-refractivity contribution in [3.05, 3.63) is 122 Å². The number of hydrogen-bond donors (Lipinski definition) is 2. The van der Waals surface area contributed by atoms with Crippen molar-refractivity contribution in [1.29, 1.82) is 0 Å². The summed E-state index contributed by atoms with van der Waals surface area (Å²) in [6.45, 7) is 11.6. The van der Waals surface area contributed by atoms with Crippen molar-refractivity contribution in [3.8, 4) is 28.1 Å². The summed E-state index contributed by atoms with van der Waals surface area (Å²) in [5, 5.41) is 10.3. The second-order valence-electron chi connectivity index (χ2n) is 15.4. The number of methoxy groups -OCH3 is 1. The molecule has 2 aromatic carbocycles. The molecule has 6 aromatic rings. The van der Waals surface area contributed by atoms with Crippen molar-refractivity contribution in [2.24, 2.45) is 14.1 Å². The molecule has 13 heteroatoms. The average molecular weight is 836 g/mol. The smallest absolute Gasteiger partial charge is 0.207 e. The van der Waals surface area contributed by atoms with Crippen LogP contribution in [0.5, 0.6) is 5.75 Å². The molecule has 11 nitrogen and oxygen atoms in total. The molecule has 0 saturated heterocycles. The first-order chi connectivity index (χ1) is 28.4. The average Bonchev–Trinajstić information content (AvgIpc) is 3.83. The number of aromatic nitrogens is 7. The lowest BCUT2D eigenvalue weighted by Crippen LogP contribution is -2.23. The van der Waals surface area contributed by atoms with Crippen LogP contribution in [0.3, 0.4) is 0 Å². The molecule has 4 aromatic heterocycles. The number of benzene rings is 2. The third kappa shape index (κ3) is 8.29. The Labute approximate surface area is 355 Å². The van der Waals surface area contributed by atoms with Gasteiger partial charge in [0.25, 0.3) is 0 Å². The maximum absolute atomic E-state index is 11.8. The molecule has 0 bridgehead atoms. The summed E-state index contributed by atoms with van der Waals surface area (Å²) in [6, 6.07) is 11.8. The van der Waals surface area contributed by atoms with Gasteiger partial charge in [0.15, 0.2) is 0 Å². The third-order valence-corrected chi connectivity index (χ3v) is 12.3. The molecule has 0 fully saturated rings. The maximum Gasteiger partial charge on any atom is 0.207 e. The predicted octanol–water partition coefficient (Wildman–Crippen LogP) is 9.65. The maximum atomic E-state index is 11.8. The Morgan fingerprint density at radius 3 is 2.58 bits per heavy atom.